The lowest BCUT2D eigenvalue weighted by Gasteiger charge is -2.12. The Morgan fingerprint density at radius 2 is 1.62 bits per heavy atom. The standard InChI is InChI=1S/C12H17NO.C8H11NO7.C2H6.CH4O/c1-3-12(14)13-9-8-11-6-4-10(2)5-7-11;10-3-4-16-8(15)9-5(7(13)14)1-2-6(11)12;2*1-2/h4-7H,3,8-9H2,1-2H3,(H,13,14);3,5H,1-2,4H2,(H,9,15)(H,11,12)(H,13,14);1-2H3;2H,1H3. The molecule has 0 spiro atoms. The minimum Gasteiger partial charge on any atom is -0.481 e. The van der Waals surface area contributed by atoms with Gasteiger partial charge in [0.15, 0.2) is 6.29 Å². The Bertz CT molecular complexity index is 707. The van der Waals surface area contributed by atoms with E-state index >= 15 is 0 Å². The predicted octanol–water partition coefficient (Wildman–Crippen LogP) is 1.93. The third-order valence-corrected chi connectivity index (χ3v) is 3.70. The maximum absolute atomic E-state index is 10.9. The van der Waals surface area contributed by atoms with E-state index in [2.05, 4.69) is 41.2 Å². The van der Waals surface area contributed by atoms with Crippen LogP contribution in [-0.4, -0.2) is 71.8 Å². The van der Waals surface area contributed by atoms with E-state index in [1.807, 2.05) is 26.1 Å². The first kappa shape index (κ1) is 35.1. The fourth-order valence-corrected chi connectivity index (χ4v) is 2.04. The molecule has 0 radical (unpaired) electrons. The summed E-state index contributed by atoms with van der Waals surface area (Å²) < 4.78 is 4.25. The second kappa shape index (κ2) is 24.2. The van der Waals surface area contributed by atoms with Crippen LogP contribution in [0, 0.1) is 6.92 Å². The molecule has 11 nitrogen and oxygen atoms in total. The average molecular weight is 487 g/mol. The highest BCUT2D eigenvalue weighted by atomic mass is 16.5. The van der Waals surface area contributed by atoms with Crippen LogP contribution in [0.25, 0.3) is 0 Å². The van der Waals surface area contributed by atoms with Crippen molar-refractivity contribution in [2.75, 3.05) is 20.3 Å². The molecule has 1 atom stereocenters. The number of alkyl carbamates (subject to hydrolysis) is 1. The molecule has 1 rings (SSSR count). The van der Waals surface area contributed by atoms with Gasteiger partial charge in [-0.05, 0) is 25.3 Å². The van der Waals surface area contributed by atoms with E-state index in [4.69, 9.17) is 15.3 Å². The van der Waals surface area contributed by atoms with E-state index in [0.29, 0.717) is 12.7 Å². The number of aliphatic carboxylic acids is 2. The number of aliphatic hydroxyl groups excluding tert-OH is 1. The molecule has 194 valence electrons. The molecule has 11 heteroatoms. The number of benzene rings is 1. The highest BCUT2D eigenvalue weighted by Crippen LogP contribution is 2.03. The van der Waals surface area contributed by atoms with Crippen molar-refractivity contribution in [3.63, 3.8) is 0 Å². The van der Waals surface area contributed by atoms with Gasteiger partial charge in [0.1, 0.15) is 12.6 Å². The van der Waals surface area contributed by atoms with E-state index < -0.39 is 37.1 Å². The van der Waals surface area contributed by atoms with Gasteiger partial charge < -0.3 is 30.7 Å². The van der Waals surface area contributed by atoms with Crippen LogP contribution >= 0.6 is 0 Å². The number of carbonyl (C=O) groups is 5. The number of hydrogen-bond donors (Lipinski definition) is 5. The number of amides is 2. The summed E-state index contributed by atoms with van der Waals surface area (Å²) in [5, 5.41) is 28.7. The number of nitrogens with one attached hydrogen (secondary N) is 2. The average Bonchev–Trinajstić information content (AvgIpc) is 2.84. The third-order valence-electron chi connectivity index (χ3n) is 3.70. The minimum absolute atomic E-state index is 0.122. The number of aliphatic hydroxyl groups is 1. The first-order chi connectivity index (χ1) is 16.2. The van der Waals surface area contributed by atoms with Gasteiger partial charge in [-0.25, -0.2) is 9.59 Å². The van der Waals surface area contributed by atoms with Gasteiger partial charge in [0, 0.05) is 26.5 Å². The number of carboxylic acid groups (broad SMARTS) is 2. The molecule has 34 heavy (non-hydrogen) atoms. The van der Waals surface area contributed by atoms with Crippen molar-refractivity contribution < 1.29 is 44.0 Å². The summed E-state index contributed by atoms with van der Waals surface area (Å²) in [5.41, 5.74) is 2.54. The molecule has 0 aromatic heterocycles. The maximum atomic E-state index is 10.9. The molecular formula is C23H38N2O9. The van der Waals surface area contributed by atoms with Crippen LogP contribution in [-0.2, 0) is 30.3 Å². The number of ether oxygens (including phenoxy) is 1. The zero-order valence-electron chi connectivity index (χ0n) is 20.5. The Kier molecular flexibility index (Phi) is 25.0. The zero-order valence-corrected chi connectivity index (χ0v) is 20.5. The van der Waals surface area contributed by atoms with Crippen molar-refractivity contribution in [1.82, 2.24) is 10.6 Å². The van der Waals surface area contributed by atoms with Gasteiger partial charge in [0.05, 0.1) is 0 Å². The first-order valence-electron chi connectivity index (χ1n) is 10.8. The lowest BCUT2D eigenvalue weighted by atomic mass is 10.1. The van der Waals surface area contributed by atoms with E-state index in [9.17, 15) is 24.0 Å². The van der Waals surface area contributed by atoms with E-state index in [-0.39, 0.29) is 12.3 Å². The highest BCUT2D eigenvalue weighted by Gasteiger charge is 2.21. The van der Waals surface area contributed by atoms with Crippen molar-refractivity contribution in [2.24, 2.45) is 0 Å². The topological polar surface area (TPSA) is 179 Å². The molecule has 0 saturated heterocycles. The Balaban J connectivity index is -0.000000495. The number of carboxylic acids is 2. The molecule has 1 aromatic rings. The normalized spacial score (nSPS) is 9.71. The molecule has 5 N–H and O–H groups in total. The molecule has 2 amide bonds. The van der Waals surface area contributed by atoms with Gasteiger partial charge in [-0.15, -0.1) is 0 Å². The van der Waals surface area contributed by atoms with E-state index in [1.165, 1.54) is 11.1 Å². The Morgan fingerprint density at radius 1 is 1.06 bits per heavy atom. The first-order valence-corrected chi connectivity index (χ1v) is 10.8. The third kappa shape index (κ3) is 21.8. The van der Waals surface area contributed by atoms with Crippen molar-refractivity contribution in [3.8, 4) is 0 Å². The van der Waals surface area contributed by atoms with E-state index in [1.54, 1.807) is 0 Å². The maximum Gasteiger partial charge on any atom is 0.408 e. The molecule has 0 aliphatic rings. The Hall–Kier alpha value is -3.47. The molecule has 0 aliphatic carbocycles. The predicted molar refractivity (Wildman–Crippen MR) is 127 cm³/mol. The Morgan fingerprint density at radius 3 is 2.06 bits per heavy atom. The summed E-state index contributed by atoms with van der Waals surface area (Å²) in [5.74, 6) is -2.42. The quantitative estimate of drug-likeness (QED) is 0.292. The van der Waals surface area contributed by atoms with Crippen LogP contribution < -0.4 is 10.6 Å². The van der Waals surface area contributed by atoms with Gasteiger partial charge in [0.25, 0.3) is 0 Å². The van der Waals surface area contributed by atoms with Gasteiger partial charge in [-0.3, -0.25) is 14.4 Å². The molecule has 1 aromatic carbocycles. The second-order valence-electron chi connectivity index (χ2n) is 6.17. The van der Waals surface area contributed by atoms with Gasteiger partial charge in [-0.2, -0.15) is 0 Å². The molecule has 1 unspecified atom stereocenters. The largest absolute Gasteiger partial charge is 0.481 e. The van der Waals surface area contributed by atoms with Crippen LogP contribution in [0.3, 0.4) is 0 Å². The lowest BCUT2D eigenvalue weighted by molar-refractivity contribution is -0.140. The summed E-state index contributed by atoms with van der Waals surface area (Å²) in [6.45, 7) is 8.18. The number of hydrogen-bond acceptors (Lipinski definition) is 7. The smallest absolute Gasteiger partial charge is 0.408 e. The van der Waals surface area contributed by atoms with Crippen molar-refractivity contribution in [1.29, 1.82) is 0 Å². The van der Waals surface area contributed by atoms with Crippen LogP contribution in [0.5, 0.6) is 0 Å². The lowest BCUT2D eigenvalue weighted by Crippen LogP contribution is -2.41. The van der Waals surface area contributed by atoms with Gasteiger partial charge in [0.2, 0.25) is 5.91 Å². The van der Waals surface area contributed by atoms with Crippen LogP contribution in [0.4, 0.5) is 4.79 Å². The summed E-state index contributed by atoms with van der Waals surface area (Å²) >= 11 is 0. The second-order valence-corrected chi connectivity index (χ2v) is 6.17. The number of aryl methyl sites for hydroxylation is 1. The molecular weight excluding hydrogens is 448 g/mol. The van der Waals surface area contributed by atoms with Crippen molar-refractivity contribution in [2.45, 2.75) is 59.4 Å². The van der Waals surface area contributed by atoms with Crippen LogP contribution in [0.2, 0.25) is 0 Å². The highest BCUT2D eigenvalue weighted by molar-refractivity contribution is 5.81. The van der Waals surface area contributed by atoms with Crippen LogP contribution in [0.1, 0.15) is 51.2 Å². The fraction of sp³-hybridized carbons (Fsp3) is 0.522. The summed E-state index contributed by atoms with van der Waals surface area (Å²) in [4.78, 5) is 52.4. The molecule has 0 fully saturated rings. The summed E-state index contributed by atoms with van der Waals surface area (Å²) in [7, 11) is 1.00. The minimum atomic E-state index is -1.37. The van der Waals surface area contributed by atoms with Gasteiger partial charge in [-0.1, -0.05) is 50.6 Å². The molecule has 0 bridgehead atoms. The zero-order chi connectivity index (χ0) is 26.9. The number of aldehydes is 1. The number of rotatable bonds is 11. The SMILES string of the molecule is CC.CCC(=O)NCCc1ccc(C)cc1.CO.O=CCOC(=O)NC(CCC(=O)O)C(=O)O. The van der Waals surface area contributed by atoms with Crippen molar-refractivity contribution >= 4 is 30.2 Å². The molecule has 0 heterocycles. The van der Waals surface area contributed by atoms with Crippen molar-refractivity contribution in [3.05, 3.63) is 35.4 Å². The van der Waals surface area contributed by atoms with Gasteiger partial charge >= 0.3 is 18.0 Å². The molecule has 0 aliphatic heterocycles. The van der Waals surface area contributed by atoms with E-state index in [0.717, 1.165) is 20.1 Å². The number of carbonyl (C=O) groups excluding carboxylic acids is 3. The monoisotopic (exact) mass is 486 g/mol. The summed E-state index contributed by atoms with van der Waals surface area (Å²) in [6, 6.07) is 7.05. The fourth-order valence-electron chi connectivity index (χ4n) is 2.04. The summed E-state index contributed by atoms with van der Waals surface area (Å²) in [6.07, 6.45) is 0.0584. The van der Waals surface area contributed by atoms with Crippen LogP contribution in [0.15, 0.2) is 24.3 Å². The Labute approximate surface area is 200 Å². The molecule has 0 saturated carbocycles.